The Hall–Kier alpha value is -0.720. The van der Waals surface area contributed by atoms with E-state index in [0.717, 1.165) is 14.0 Å². The maximum atomic E-state index is 12.1. The molecule has 0 N–H and O–H groups in total. The second-order valence-electron chi connectivity index (χ2n) is 3.76. The SMILES string of the molecule is CN(Cc1cc(Br)cs1)C(=O)c1ccc(Br)nc1. The van der Waals surface area contributed by atoms with Crippen molar-refractivity contribution < 1.29 is 4.79 Å². The number of nitrogens with zero attached hydrogens (tertiary/aromatic N) is 2. The minimum Gasteiger partial charge on any atom is -0.337 e. The third-order valence-electron chi connectivity index (χ3n) is 2.34. The molecule has 0 radical (unpaired) electrons. The van der Waals surface area contributed by atoms with Crippen LogP contribution in [-0.2, 0) is 6.54 Å². The number of aromatic nitrogens is 1. The fourth-order valence-electron chi connectivity index (χ4n) is 1.46. The molecule has 0 aliphatic carbocycles. The van der Waals surface area contributed by atoms with Gasteiger partial charge in [0, 0.05) is 28.0 Å². The fourth-order valence-corrected chi connectivity index (χ4v) is 3.20. The number of amides is 1. The maximum absolute atomic E-state index is 12.1. The van der Waals surface area contributed by atoms with E-state index in [1.165, 1.54) is 0 Å². The van der Waals surface area contributed by atoms with Crippen LogP contribution < -0.4 is 0 Å². The van der Waals surface area contributed by atoms with Gasteiger partial charge in [0.15, 0.2) is 0 Å². The summed E-state index contributed by atoms with van der Waals surface area (Å²) in [5.74, 6) is -0.0282. The highest BCUT2D eigenvalue weighted by Crippen LogP contribution is 2.21. The summed E-state index contributed by atoms with van der Waals surface area (Å²) in [7, 11) is 1.79. The minimum absolute atomic E-state index is 0.0282. The van der Waals surface area contributed by atoms with Crippen molar-refractivity contribution in [1.29, 1.82) is 0 Å². The number of rotatable bonds is 3. The lowest BCUT2D eigenvalue weighted by atomic mass is 10.2. The molecule has 2 heterocycles. The molecule has 0 fully saturated rings. The van der Waals surface area contributed by atoms with E-state index in [4.69, 9.17) is 0 Å². The summed E-state index contributed by atoms with van der Waals surface area (Å²) < 4.78 is 1.78. The van der Waals surface area contributed by atoms with Crippen LogP contribution in [-0.4, -0.2) is 22.8 Å². The highest BCUT2D eigenvalue weighted by atomic mass is 79.9. The molecular weight excluding hydrogens is 380 g/mol. The summed E-state index contributed by atoms with van der Waals surface area (Å²) in [6.45, 7) is 0.602. The van der Waals surface area contributed by atoms with Gasteiger partial charge < -0.3 is 4.90 Å². The van der Waals surface area contributed by atoms with Crippen LogP contribution in [0.2, 0.25) is 0 Å². The van der Waals surface area contributed by atoms with Crippen LogP contribution >= 0.6 is 43.2 Å². The van der Waals surface area contributed by atoms with E-state index in [9.17, 15) is 4.79 Å². The van der Waals surface area contributed by atoms with E-state index < -0.39 is 0 Å². The van der Waals surface area contributed by atoms with Crippen LogP contribution in [0.1, 0.15) is 15.2 Å². The Morgan fingerprint density at radius 2 is 2.22 bits per heavy atom. The molecule has 0 saturated heterocycles. The largest absolute Gasteiger partial charge is 0.337 e. The van der Waals surface area contributed by atoms with E-state index in [-0.39, 0.29) is 5.91 Å². The molecule has 94 valence electrons. The second kappa shape index (κ2) is 5.95. The predicted molar refractivity (Wildman–Crippen MR) is 79.8 cm³/mol. The quantitative estimate of drug-likeness (QED) is 0.745. The number of thiophene rings is 1. The monoisotopic (exact) mass is 388 g/mol. The number of hydrogen-bond donors (Lipinski definition) is 0. The molecule has 1 amide bonds. The molecule has 6 heteroatoms. The highest BCUT2D eigenvalue weighted by Gasteiger charge is 2.13. The Kier molecular flexibility index (Phi) is 4.53. The molecule has 0 aliphatic rings. The molecule has 0 aromatic carbocycles. The molecule has 2 rings (SSSR count). The van der Waals surface area contributed by atoms with Gasteiger partial charge in [0.25, 0.3) is 5.91 Å². The first-order valence-electron chi connectivity index (χ1n) is 5.16. The summed E-state index contributed by atoms with van der Waals surface area (Å²) in [5.41, 5.74) is 0.594. The van der Waals surface area contributed by atoms with Crippen LogP contribution in [0.3, 0.4) is 0 Å². The van der Waals surface area contributed by atoms with E-state index in [1.54, 1.807) is 41.6 Å². The smallest absolute Gasteiger partial charge is 0.255 e. The van der Waals surface area contributed by atoms with Gasteiger partial charge in [-0.15, -0.1) is 11.3 Å². The van der Waals surface area contributed by atoms with Crippen LogP contribution in [0, 0.1) is 0 Å². The summed E-state index contributed by atoms with van der Waals surface area (Å²) in [4.78, 5) is 19.0. The van der Waals surface area contributed by atoms with Crippen LogP contribution in [0.4, 0.5) is 0 Å². The number of hydrogen-bond acceptors (Lipinski definition) is 3. The molecule has 0 aliphatic heterocycles. The zero-order valence-electron chi connectivity index (χ0n) is 9.56. The van der Waals surface area contributed by atoms with E-state index in [2.05, 4.69) is 36.8 Å². The Bertz CT molecular complexity index is 553. The first kappa shape index (κ1) is 13.7. The van der Waals surface area contributed by atoms with Crippen molar-refractivity contribution in [3.63, 3.8) is 0 Å². The topological polar surface area (TPSA) is 33.2 Å². The summed E-state index contributed by atoms with van der Waals surface area (Å²) in [5, 5.41) is 2.01. The van der Waals surface area contributed by atoms with Crippen molar-refractivity contribution >= 4 is 49.1 Å². The predicted octanol–water partition coefficient (Wildman–Crippen LogP) is 3.94. The summed E-state index contributed by atoms with van der Waals surface area (Å²) in [6, 6.07) is 5.55. The van der Waals surface area contributed by atoms with Crippen LogP contribution in [0.15, 0.2) is 38.9 Å². The van der Waals surface area contributed by atoms with Gasteiger partial charge in [0.2, 0.25) is 0 Å². The van der Waals surface area contributed by atoms with Crippen molar-refractivity contribution in [2.45, 2.75) is 6.54 Å². The molecule has 0 saturated carbocycles. The second-order valence-corrected chi connectivity index (χ2v) is 6.49. The average Bonchev–Trinajstić information content (AvgIpc) is 2.75. The van der Waals surface area contributed by atoms with Gasteiger partial charge in [-0.3, -0.25) is 4.79 Å². The Morgan fingerprint density at radius 3 is 2.78 bits per heavy atom. The molecular formula is C12H10Br2N2OS. The zero-order valence-corrected chi connectivity index (χ0v) is 13.5. The van der Waals surface area contributed by atoms with E-state index in [1.807, 2.05) is 11.4 Å². The lowest BCUT2D eigenvalue weighted by Crippen LogP contribution is -2.25. The van der Waals surface area contributed by atoms with Crippen molar-refractivity contribution in [1.82, 2.24) is 9.88 Å². The minimum atomic E-state index is -0.0282. The molecule has 0 spiro atoms. The van der Waals surface area contributed by atoms with E-state index in [0.29, 0.717) is 12.1 Å². The Labute approximate surface area is 126 Å². The van der Waals surface area contributed by atoms with Crippen molar-refractivity contribution in [3.05, 3.63) is 49.3 Å². The van der Waals surface area contributed by atoms with Gasteiger partial charge in [0.05, 0.1) is 12.1 Å². The number of pyridine rings is 1. The standard InChI is InChI=1S/C12H10Br2N2OS/c1-16(6-10-4-9(13)7-18-10)12(17)8-2-3-11(14)15-5-8/h2-5,7H,6H2,1H3. The van der Waals surface area contributed by atoms with Gasteiger partial charge in [-0.2, -0.15) is 0 Å². The average molecular weight is 390 g/mol. The fraction of sp³-hybridized carbons (Fsp3) is 0.167. The molecule has 0 unspecified atom stereocenters. The first-order valence-corrected chi connectivity index (χ1v) is 7.63. The van der Waals surface area contributed by atoms with Crippen LogP contribution in [0.25, 0.3) is 0 Å². The zero-order chi connectivity index (χ0) is 13.1. The third kappa shape index (κ3) is 3.40. The van der Waals surface area contributed by atoms with Gasteiger partial charge in [-0.05, 0) is 50.1 Å². The lowest BCUT2D eigenvalue weighted by molar-refractivity contribution is 0.0786. The molecule has 3 nitrogen and oxygen atoms in total. The Morgan fingerprint density at radius 1 is 1.44 bits per heavy atom. The van der Waals surface area contributed by atoms with Crippen molar-refractivity contribution in [3.8, 4) is 0 Å². The molecule has 2 aromatic heterocycles. The first-order chi connectivity index (χ1) is 8.56. The van der Waals surface area contributed by atoms with Crippen molar-refractivity contribution in [2.24, 2.45) is 0 Å². The van der Waals surface area contributed by atoms with Gasteiger partial charge in [-0.1, -0.05) is 0 Å². The Balaban J connectivity index is 2.07. The number of carbonyl (C=O) groups is 1. The van der Waals surface area contributed by atoms with E-state index >= 15 is 0 Å². The number of halogens is 2. The van der Waals surface area contributed by atoms with Gasteiger partial charge >= 0.3 is 0 Å². The highest BCUT2D eigenvalue weighted by molar-refractivity contribution is 9.10. The van der Waals surface area contributed by atoms with Crippen LogP contribution in [0.5, 0.6) is 0 Å². The van der Waals surface area contributed by atoms with Crippen molar-refractivity contribution in [2.75, 3.05) is 7.05 Å². The molecule has 0 atom stereocenters. The van der Waals surface area contributed by atoms with Gasteiger partial charge in [-0.25, -0.2) is 4.98 Å². The lowest BCUT2D eigenvalue weighted by Gasteiger charge is -2.15. The summed E-state index contributed by atoms with van der Waals surface area (Å²) >= 11 is 8.28. The molecule has 18 heavy (non-hydrogen) atoms. The molecule has 2 aromatic rings. The number of carbonyl (C=O) groups excluding carboxylic acids is 1. The molecule has 0 bridgehead atoms. The van der Waals surface area contributed by atoms with Gasteiger partial charge in [0.1, 0.15) is 4.60 Å². The summed E-state index contributed by atoms with van der Waals surface area (Å²) in [6.07, 6.45) is 1.58. The normalized spacial score (nSPS) is 10.4. The maximum Gasteiger partial charge on any atom is 0.255 e. The third-order valence-corrected chi connectivity index (χ3v) is 4.49.